The average Bonchev–Trinajstić information content (AvgIpc) is 3.57. The van der Waals surface area contributed by atoms with E-state index in [0.717, 1.165) is 109 Å². The van der Waals surface area contributed by atoms with E-state index in [4.69, 9.17) is 4.74 Å². The van der Waals surface area contributed by atoms with Crippen LogP contribution in [0.15, 0.2) is 53.4 Å². The molecule has 2 aromatic carbocycles. The van der Waals surface area contributed by atoms with Crippen LogP contribution in [-0.2, 0) is 24.8 Å². The Balaban J connectivity index is 0.852. The lowest BCUT2D eigenvalue weighted by atomic mass is 9.57. The Morgan fingerprint density at radius 3 is 2.24 bits per heavy atom. The Bertz CT molecular complexity index is 1770. The second-order valence-corrected chi connectivity index (χ2v) is 19.2. The molecule has 8 rings (SSSR count). The predicted molar refractivity (Wildman–Crippen MR) is 208 cm³/mol. The molecular weight excluding hydrogens is 724 g/mol. The number of benzene rings is 2. The van der Waals surface area contributed by atoms with Crippen molar-refractivity contribution in [1.29, 1.82) is 0 Å². The van der Waals surface area contributed by atoms with Gasteiger partial charge in [-0.2, -0.15) is 0 Å². The van der Waals surface area contributed by atoms with Crippen LogP contribution in [-0.4, -0.2) is 155 Å². The standard InChI is InChI=1S/C41H57FN6O6S/c42-33-5-1-4-32(22-33)41(29-46-14-3-15-46,37-6-2-7-38(37)43-40(50)51)31-12-16-44(17-13-31)23-30-24-47(25-30)34-8-10-35(11-9-34)55(52,53)36-26-48(27-36)39(49)28-45-18-20-54-21-19-45/h1,4-5,8-11,22,30-31,36-38,43H,2-3,6-7,12-21,23-29H2,(H,50,51)/t37-,38-,41-/m0/s1. The highest BCUT2D eigenvalue weighted by atomic mass is 32.2. The van der Waals surface area contributed by atoms with E-state index in [0.29, 0.717) is 36.5 Å². The number of nitrogens with one attached hydrogen (secondary N) is 1. The maximum absolute atomic E-state index is 14.9. The molecular formula is C41H57FN6O6S. The third-order valence-corrected chi connectivity index (χ3v) is 15.8. The number of carbonyl (C=O) groups excluding carboxylic acids is 1. The number of hydrogen-bond donors (Lipinski definition) is 2. The van der Waals surface area contributed by atoms with Crippen molar-refractivity contribution in [3.8, 4) is 0 Å². The number of rotatable bonds is 13. The number of carboxylic acid groups (broad SMARTS) is 1. The van der Waals surface area contributed by atoms with Crippen LogP contribution in [0.3, 0.4) is 0 Å². The molecule has 0 unspecified atom stereocenters. The molecule has 2 amide bonds. The van der Waals surface area contributed by atoms with E-state index < -0.39 is 21.2 Å². The fraction of sp³-hybridized carbons (Fsp3) is 0.659. The number of ether oxygens (including phenoxy) is 1. The molecule has 2 N–H and O–H groups in total. The third-order valence-electron chi connectivity index (χ3n) is 13.7. The van der Waals surface area contributed by atoms with Crippen LogP contribution < -0.4 is 10.2 Å². The van der Waals surface area contributed by atoms with Gasteiger partial charge in [0.05, 0.1) is 24.7 Å². The van der Waals surface area contributed by atoms with Crippen molar-refractivity contribution >= 4 is 27.5 Å². The van der Waals surface area contributed by atoms with E-state index in [-0.39, 0.29) is 42.2 Å². The van der Waals surface area contributed by atoms with Gasteiger partial charge < -0.3 is 34.8 Å². The molecule has 1 aliphatic carbocycles. The van der Waals surface area contributed by atoms with Crippen molar-refractivity contribution in [2.75, 3.05) is 103 Å². The second kappa shape index (κ2) is 16.3. The van der Waals surface area contributed by atoms with Crippen LogP contribution in [0.2, 0.25) is 0 Å². The van der Waals surface area contributed by atoms with Gasteiger partial charge in [-0.1, -0.05) is 18.6 Å². The van der Waals surface area contributed by atoms with E-state index >= 15 is 0 Å². The molecule has 0 radical (unpaired) electrons. The number of carbonyl (C=O) groups is 2. The summed E-state index contributed by atoms with van der Waals surface area (Å²) in [6.07, 6.45) is 4.91. The number of morpholine rings is 1. The minimum absolute atomic E-state index is 0.0210. The molecule has 300 valence electrons. The minimum atomic E-state index is -3.52. The van der Waals surface area contributed by atoms with Crippen molar-refractivity contribution in [1.82, 2.24) is 24.9 Å². The zero-order valence-electron chi connectivity index (χ0n) is 31.9. The van der Waals surface area contributed by atoms with E-state index in [1.54, 1.807) is 23.1 Å². The summed E-state index contributed by atoms with van der Waals surface area (Å²) in [5, 5.41) is 12.1. The SMILES string of the molecule is O=C(O)N[C@H]1CCC[C@@H]1[C@](CN1CCC1)(c1cccc(F)c1)C1CCN(CC2CN(c3ccc(S(=O)(=O)C4CN(C(=O)CN5CCOCC5)C4)cc3)C2)CC1. The summed E-state index contributed by atoms with van der Waals surface area (Å²) in [5.41, 5.74) is 1.72. The molecule has 5 saturated heterocycles. The van der Waals surface area contributed by atoms with Crippen molar-refractivity contribution in [3.05, 3.63) is 59.9 Å². The van der Waals surface area contributed by atoms with Gasteiger partial charge in [0.1, 0.15) is 11.1 Å². The van der Waals surface area contributed by atoms with Gasteiger partial charge in [0.25, 0.3) is 0 Å². The number of nitrogens with zero attached hydrogens (tertiary/aromatic N) is 5. The lowest BCUT2D eigenvalue weighted by Gasteiger charge is -2.54. The summed E-state index contributed by atoms with van der Waals surface area (Å²) < 4.78 is 47.0. The monoisotopic (exact) mass is 780 g/mol. The molecule has 5 aliphatic heterocycles. The lowest BCUT2D eigenvalue weighted by Crippen LogP contribution is -2.60. The Hall–Kier alpha value is -3.30. The molecule has 2 aromatic rings. The first-order valence-corrected chi connectivity index (χ1v) is 22.0. The molecule has 14 heteroatoms. The first kappa shape index (κ1) is 38.6. The van der Waals surface area contributed by atoms with Crippen molar-refractivity contribution < 1.29 is 32.2 Å². The molecule has 55 heavy (non-hydrogen) atoms. The van der Waals surface area contributed by atoms with Gasteiger partial charge in [-0.25, -0.2) is 17.6 Å². The number of piperidine rings is 1. The summed E-state index contributed by atoms with van der Waals surface area (Å²) in [4.78, 5) is 36.0. The number of anilines is 1. The van der Waals surface area contributed by atoms with E-state index in [2.05, 4.69) is 31.0 Å². The number of hydrogen-bond acceptors (Lipinski definition) is 9. The van der Waals surface area contributed by atoms with Gasteiger partial charge in [-0.15, -0.1) is 0 Å². The topological polar surface area (TPSA) is 126 Å². The zero-order chi connectivity index (χ0) is 38.2. The van der Waals surface area contributed by atoms with Gasteiger partial charge >= 0.3 is 6.09 Å². The van der Waals surface area contributed by atoms with Crippen LogP contribution in [0, 0.1) is 23.6 Å². The quantitative estimate of drug-likeness (QED) is 0.313. The summed E-state index contributed by atoms with van der Waals surface area (Å²) in [5.74, 6) is 0.699. The highest BCUT2D eigenvalue weighted by Gasteiger charge is 2.53. The third kappa shape index (κ3) is 8.12. The molecule has 6 fully saturated rings. The second-order valence-electron chi connectivity index (χ2n) is 17.0. The van der Waals surface area contributed by atoms with E-state index in [1.807, 2.05) is 18.2 Å². The highest BCUT2D eigenvalue weighted by molar-refractivity contribution is 7.92. The largest absolute Gasteiger partial charge is 0.465 e. The summed E-state index contributed by atoms with van der Waals surface area (Å²) in [6.45, 7) is 11.2. The van der Waals surface area contributed by atoms with Crippen LogP contribution in [0.25, 0.3) is 0 Å². The average molecular weight is 781 g/mol. The van der Waals surface area contributed by atoms with Gasteiger partial charge in [-0.05, 0) is 112 Å². The molecule has 12 nitrogen and oxygen atoms in total. The van der Waals surface area contributed by atoms with Crippen LogP contribution in [0.4, 0.5) is 14.9 Å². The zero-order valence-corrected chi connectivity index (χ0v) is 32.7. The van der Waals surface area contributed by atoms with Crippen LogP contribution in [0.1, 0.15) is 44.1 Å². The first-order valence-electron chi connectivity index (χ1n) is 20.5. The Morgan fingerprint density at radius 1 is 0.855 bits per heavy atom. The van der Waals surface area contributed by atoms with E-state index in [9.17, 15) is 27.5 Å². The van der Waals surface area contributed by atoms with Crippen LogP contribution >= 0.6 is 0 Å². The Labute approximate surface area is 324 Å². The molecule has 0 spiro atoms. The molecule has 1 saturated carbocycles. The van der Waals surface area contributed by atoms with Crippen molar-refractivity contribution in [2.24, 2.45) is 17.8 Å². The summed E-state index contributed by atoms with van der Waals surface area (Å²) >= 11 is 0. The summed E-state index contributed by atoms with van der Waals surface area (Å²) in [6, 6.07) is 14.3. The minimum Gasteiger partial charge on any atom is -0.465 e. The fourth-order valence-electron chi connectivity index (χ4n) is 10.5. The summed E-state index contributed by atoms with van der Waals surface area (Å²) in [7, 11) is -3.52. The number of amides is 2. The van der Waals surface area contributed by atoms with Crippen molar-refractivity contribution in [3.63, 3.8) is 0 Å². The van der Waals surface area contributed by atoms with Crippen LogP contribution in [0.5, 0.6) is 0 Å². The number of sulfone groups is 1. The lowest BCUT2D eigenvalue weighted by molar-refractivity contribution is -0.136. The maximum atomic E-state index is 14.9. The molecule has 0 bridgehead atoms. The number of likely N-dealkylation sites (tertiary alicyclic amines) is 3. The normalized spacial score (nSPS) is 26.2. The molecule has 0 aromatic heterocycles. The highest BCUT2D eigenvalue weighted by Crippen LogP contribution is 2.51. The molecule has 3 atom stereocenters. The molecule has 6 aliphatic rings. The predicted octanol–water partition coefficient (Wildman–Crippen LogP) is 3.37. The smallest absolute Gasteiger partial charge is 0.404 e. The fourth-order valence-corrected chi connectivity index (χ4v) is 12.2. The first-order chi connectivity index (χ1) is 26.6. The Morgan fingerprint density at radius 2 is 1.58 bits per heavy atom. The maximum Gasteiger partial charge on any atom is 0.404 e. The van der Waals surface area contributed by atoms with E-state index in [1.165, 1.54) is 12.5 Å². The van der Waals surface area contributed by atoms with Gasteiger partial charge in [0, 0.05) is 75.4 Å². The number of halogens is 1. The van der Waals surface area contributed by atoms with Crippen molar-refractivity contribution in [2.45, 2.75) is 60.1 Å². The Kier molecular flexibility index (Phi) is 11.4. The van der Waals surface area contributed by atoms with Gasteiger partial charge in [-0.3, -0.25) is 9.69 Å². The molecule has 5 heterocycles. The van der Waals surface area contributed by atoms with Gasteiger partial charge in [0.2, 0.25) is 5.91 Å². The van der Waals surface area contributed by atoms with Gasteiger partial charge in [0.15, 0.2) is 9.84 Å².